The van der Waals surface area contributed by atoms with Crippen LogP contribution in [0.1, 0.15) is 61.0 Å². The summed E-state index contributed by atoms with van der Waals surface area (Å²) in [6.45, 7) is 10.6. The van der Waals surface area contributed by atoms with Crippen molar-refractivity contribution >= 4 is 35.0 Å². The molecule has 3 aliphatic heterocycles. The molecule has 8 heteroatoms. The molecule has 0 saturated carbocycles. The number of allylic oxidation sites excluding steroid dienone is 1. The lowest BCUT2D eigenvalue weighted by molar-refractivity contribution is -0.0713. The Balaban J connectivity index is 1.49. The molecule has 2 aromatic rings. The Bertz CT molecular complexity index is 1170. The lowest BCUT2D eigenvalue weighted by Gasteiger charge is -2.41. The highest BCUT2D eigenvalue weighted by atomic mass is 16.5. The van der Waals surface area contributed by atoms with Crippen molar-refractivity contribution in [3.8, 4) is 0 Å². The van der Waals surface area contributed by atoms with Gasteiger partial charge in [-0.25, -0.2) is 9.98 Å². The molecule has 3 aliphatic rings. The van der Waals surface area contributed by atoms with E-state index in [1.54, 1.807) is 7.11 Å². The van der Waals surface area contributed by atoms with Gasteiger partial charge in [0.2, 0.25) is 0 Å². The molecule has 5 heterocycles. The number of dihydropyridines is 1. The number of pyridine rings is 1. The van der Waals surface area contributed by atoms with Crippen LogP contribution in [0, 0.1) is 12.3 Å². The molecule has 2 saturated heterocycles. The van der Waals surface area contributed by atoms with Gasteiger partial charge in [-0.3, -0.25) is 15.3 Å². The zero-order chi connectivity index (χ0) is 23.8. The number of aromatic nitrogens is 2. The van der Waals surface area contributed by atoms with Gasteiger partial charge in [-0.1, -0.05) is 13.8 Å². The van der Waals surface area contributed by atoms with Crippen LogP contribution in [-0.2, 0) is 9.47 Å². The molecule has 180 valence electrons. The molecule has 0 radical (unpaired) electrons. The number of aryl methyl sites for hydroxylation is 1. The number of amidine groups is 1. The number of rotatable bonds is 6. The third-order valence-corrected chi connectivity index (χ3v) is 7.33. The summed E-state index contributed by atoms with van der Waals surface area (Å²) < 4.78 is 11.0. The zero-order valence-corrected chi connectivity index (χ0v) is 20.5. The number of hydrogen-bond acceptors (Lipinski definition) is 5. The molecule has 2 aromatic heterocycles. The maximum atomic E-state index is 7.27. The van der Waals surface area contributed by atoms with Gasteiger partial charge in [0.1, 0.15) is 12.4 Å². The minimum atomic E-state index is -0.385. The molecule has 0 spiro atoms. The van der Waals surface area contributed by atoms with Crippen LogP contribution < -0.4 is 0 Å². The van der Waals surface area contributed by atoms with E-state index in [2.05, 4.69) is 46.7 Å². The van der Waals surface area contributed by atoms with Gasteiger partial charge in [-0.2, -0.15) is 0 Å². The van der Waals surface area contributed by atoms with Crippen molar-refractivity contribution in [1.29, 1.82) is 5.41 Å². The van der Waals surface area contributed by atoms with E-state index in [9.17, 15) is 0 Å². The summed E-state index contributed by atoms with van der Waals surface area (Å²) in [6.07, 6.45) is 6.73. The predicted molar refractivity (Wildman–Crippen MR) is 137 cm³/mol. The number of methoxy groups -OCH3 is 1. The third kappa shape index (κ3) is 4.15. The summed E-state index contributed by atoms with van der Waals surface area (Å²) in [7, 11) is 1.63. The average molecular weight is 463 g/mol. The molecule has 2 fully saturated rings. The molecule has 5 rings (SSSR count). The van der Waals surface area contributed by atoms with E-state index in [0.29, 0.717) is 23.7 Å². The van der Waals surface area contributed by atoms with Crippen molar-refractivity contribution < 1.29 is 9.47 Å². The Morgan fingerprint density at radius 1 is 1.29 bits per heavy atom. The fourth-order valence-electron chi connectivity index (χ4n) is 5.41. The summed E-state index contributed by atoms with van der Waals surface area (Å²) in [5.41, 5.74) is 7.82. The van der Waals surface area contributed by atoms with Crippen molar-refractivity contribution in [2.45, 2.75) is 57.6 Å². The fourth-order valence-corrected chi connectivity index (χ4v) is 5.41. The first-order valence-corrected chi connectivity index (χ1v) is 12.2. The highest BCUT2D eigenvalue weighted by Crippen LogP contribution is 2.37. The third-order valence-electron chi connectivity index (χ3n) is 7.33. The quantitative estimate of drug-likeness (QED) is 0.499. The summed E-state index contributed by atoms with van der Waals surface area (Å²) >= 11 is 0. The van der Waals surface area contributed by atoms with Gasteiger partial charge in [0.05, 0.1) is 36.0 Å². The maximum Gasteiger partial charge on any atom is 0.162 e. The SMILES string of the molecule is COC1C=C(c2[nH]c3cc(C)c(C4CCN(C5COC5)CC4)nc3c2C(C)C)C=NC1=NC=N. The van der Waals surface area contributed by atoms with E-state index < -0.39 is 0 Å². The van der Waals surface area contributed by atoms with E-state index in [1.165, 1.54) is 16.8 Å². The van der Waals surface area contributed by atoms with Gasteiger partial charge in [0.15, 0.2) is 5.84 Å². The summed E-state index contributed by atoms with van der Waals surface area (Å²) in [4.78, 5) is 20.0. The minimum Gasteiger partial charge on any atom is -0.378 e. The van der Waals surface area contributed by atoms with Gasteiger partial charge in [-0.05, 0) is 56.5 Å². The Kier molecular flexibility index (Phi) is 6.46. The lowest BCUT2D eigenvalue weighted by Crippen LogP contribution is -2.51. The standard InChI is InChI=1S/C26H34N6O2/c1-15(2)22-24(18-10-21(33-4)26(28-11-18)29-14-27)30-20-9-16(3)23(31-25(20)22)17-5-7-32(8-6-17)19-12-34-13-19/h9-11,14-15,17,19,21,27,30H,5-8,12-13H2,1-4H3. The predicted octanol–water partition coefficient (Wildman–Crippen LogP) is 4.06. The van der Waals surface area contributed by atoms with Gasteiger partial charge < -0.3 is 14.5 Å². The Morgan fingerprint density at radius 3 is 2.68 bits per heavy atom. The Labute approximate surface area is 200 Å². The molecule has 0 aromatic carbocycles. The second-order valence-corrected chi connectivity index (χ2v) is 9.81. The molecule has 0 amide bonds. The molecule has 0 bridgehead atoms. The van der Waals surface area contributed by atoms with E-state index in [0.717, 1.165) is 67.8 Å². The largest absolute Gasteiger partial charge is 0.378 e. The fraction of sp³-hybridized carbons (Fsp3) is 0.538. The van der Waals surface area contributed by atoms with E-state index in [4.69, 9.17) is 19.9 Å². The highest BCUT2D eigenvalue weighted by molar-refractivity contribution is 6.19. The van der Waals surface area contributed by atoms with Gasteiger partial charge in [0.25, 0.3) is 0 Å². The molecule has 34 heavy (non-hydrogen) atoms. The second kappa shape index (κ2) is 9.52. The molecular weight excluding hydrogens is 428 g/mol. The summed E-state index contributed by atoms with van der Waals surface area (Å²) in [5, 5.41) is 7.27. The number of aromatic amines is 1. The average Bonchev–Trinajstić information content (AvgIpc) is 3.17. The molecule has 1 unspecified atom stereocenters. The molecular formula is C26H34N6O2. The van der Waals surface area contributed by atoms with Crippen LogP contribution in [0.2, 0.25) is 0 Å². The molecule has 0 aliphatic carbocycles. The van der Waals surface area contributed by atoms with Crippen LogP contribution >= 0.6 is 0 Å². The first-order valence-electron chi connectivity index (χ1n) is 12.2. The number of likely N-dealkylation sites (tertiary alicyclic amines) is 1. The Morgan fingerprint density at radius 2 is 2.06 bits per heavy atom. The van der Waals surface area contributed by atoms with Crippen LogP contribution in [-0.4, -0.2) is 78.8 Å². The number of fused-ring (bicyclic) bond motifs is 1. The van der Waals surface area contributed by atoms with E-state index in [-0.39, 0.29) is 6.10 Å². The first kappa shape index (κ1) is 23.1. The van der Waals surface area contributed by atoms with Crippen molar-refractivity contribution in [3.63, 3.8) is 0 Å². The first-order chi connectivity index (χ1) is 16.5. The number of aliphatic imine (C=N–C) groups is 2. The smallest absolute Gasteiger partial charge is 0.162 e. The molecule has 8 nitrogen and oxygen atoms in total. The van der Waals surface area contributed by atoms with Gasteiger partial charge in [0, 0.05) is 36.1 Å². The van der Waals surface area contributed by atoms with Crippen LogP contribution in [0.3, 0.4) is 0 Å². The number of nitrogens with zero attached hydrogens (tertiary/aromatic N) is 4. The number of nitrogens with one attached hydrogen (secondary N) is 2. The topological polar surface area (TPSA) is 98.9 Å². The summed E-state index contributed by atoms with van der Waals surface area (Å²) in [5.74, 6) is 1.27. The van der Waals surface area contributed by atoms with Crippen molar-refractivity contribution in [2.24, 2.45) is 9.98 Å². The Hall–Kier alpha value is -2.68. The molecule has 1 atom stereocenters. The number of H-pyrrole nitrogens is 1. The number of hydrogen-bond donors (Lipinski definition) is 2. The summed E-state index contributed by atoms with van der Waals surface area (Å²) in [6, 6.07) is 2.87. The monoisotopic (exact) mass is 462 g/mol. The van der Waals surface area contributed by atoms with Crippen LogP contribution in [0.5, 0.6) is 0 Å². The van der Waals surface area contributed by atoms with Crippen molar-refractivity contribution in [3.05, 3.63) is 34.7 Å². The lowest BCUT2D eigenvalue weighted by atomic mass is 9.89. The normalized spacial score (nSPS) is 23.6. The van der Waals surface area contributed by atoms with E-state index >= 15 is 0 Å². The van der Waals surface area contributed by atoms with Gasteiger partial charge in [-0.15, -0.1) is 0 Å². The zero-order valence-electron chi connectivity index (χ0n) is 20.5. The highest BCUT2D eigenvalue weighted by Gasteiger charge is 2.31. The molecule has 2 N–H and O–H groups in total. The second-order valence-electron chi connectivity index (χ2n) is 9.81. The van der Waals surface area contributed by atoms with Crippen LogP contribution in [0.4, 0.5) is 0 Å². The van der Waals surface area contributed by atoms with E-state index in [1.807, 2.05) is 12.3 Å². The van der Waals surface area contributed by atoms with Crippen LogP contribution in [0.15, 0.2) is 22.1 Å². The number of ether oxygens (including phenoxy) is 2. The maximum absolute atomic E-state index is 7.27. The van der Waals surface area contributed by atoms with Gasteiger partial charge >= 0.3 is 0 Å². The minimum absolute atomic E-state index is 0.291. The van der Waals surface area contributed by atoms with Crippen molar-refractivity contribution in [1.82, 2.24) is 14.9 Å². The van der Waals surface area contributed by atoms with Crippen molar-refractivity contribution in [2.75, 3.05) is 33.4 Å². The van der Waals surface area contributed by atoms with Crippen LogP contribution in [0.25, 0.3) is 16.6 Å². The number of piperidine rings is 1.